The van der Waals surface area contributed by atoms with Gasteiger partial charge in [0.05, 0.1) is 16.8 Å². The number of rotatable bonds is 2. The molecule has 2 heterocycles. The number of nitrogens with zero attached hydrogens (tertiary/aromatic N) is 1. The Kier molecular flexibility index (Phi) is 6.04. The molecular weight excluding hydrogens is 695 g/mol. The Hall–Kier alpha value is -6.87. The molecule has 0 saturated carbocycles. The first-order valence-electron chi connectivity index (χ1n) is 19.4. The molecule has 0 N–H and O–H groups in total. The second-order valence-corrected chi connectivity index (χ2v) is 16.4. The lowest BCUT2D eigenvalue weighted by Crippen LogP contribution is -2.25. The standard InChI is InChI=1S/C54H31NS/c1-3-15-35-32(12-1)14-11-20-40(35)52-41-27-29-50-51(42-26-24-33-13-2-4-16-36(33)53(42)56-50)44(41)31-49(55-52)34-25-28-48-43(30-34)39-19-7-10-23-47(39)54(48)45-21-8-5-17-37(45)38-18-6-9-22-46(38)54/h1-31H. The first-order chi connectivity index (χ1) is 27.8. The van der Waals surface area contributed by atoms with Gasteiger partial charge in [-0.1, -0.05) is 170 Å². The first kappa shape index (κ1) is 30.5. The van der Waals surface area contributed by atoms with E-state index in [1.54, 1.807) is 0 Å². The van der Waals surface area contributed by atoms with Gasteiger partial charge >= 0.3 is 0 Å². The number of pyridine rings is 1. The Morgan fingerprint density at radius 2 is 0.946 bits per heavy atom. The summed E-state index contributed by atoms with van der Waals surface area (Å²) >= 11 is 1.90. The number of benzene rings is 9. The molecule has 0 bridgehead atoms. The molecule has 0 saturated heterocycles. The van der Waals surface area contributed by atoms with Crippen LogP contribution in [-0.2, 0) is 5.41 Å². The van der Waals surface area contributed by atoms with Crippen LogP contribution in [-0.4, -0.2) is 4.98 Å². The Labute approximate surface area is 327 Å². The normalized spacial score (nSPS) is 13.5. The van der Waals surface area contributed by atoms with E-state index in [2.05, 4.69) is 188 Å². The zero-order chi connectivity index (χ0) is 36.5. The van der Waals surface area contributed by atoms with Gasteiger partial charge in [0, 0.05) is 36.7 Å². The van der Waals surface area contributed by atoms with Crippen LogP contribution >= 0.6 is 11.3 Å². The molecule has 56 heavy (non-hydrogen) atoms. The van der Waals surface area contributed by atoms with Crippen LogP contribution in [0.1, 0.15) is 22.3 Å². The van der Waals surface area contributed by atoms with E-state index < -0.39 is 0 Å². The molecule has 0 amide bonds. The Morgan fingerprint density at radius 1 is 0.375 bits per heavy atom. The highest BCUT2D eigenvalue weighted by atomic mass is 32.1. The van der Waals surface area contributed by atoms with Crippen LogP contribution in [0.2, 0.25) is 0 Å². The highest BCUT2D eigenvalue weighted by Gasteiger charge is 2.51. The summed E-state index contributed by atoms with van der Waals surface area (Å²) in [6.45, 7) is 0. The van der Waals surface area contributed by atoms with E-state index >= 15 is 0 Å². The third kappa shape index (κ3) is 3.86. The first-order valence-corrected chi connectivity index (χ1v) is 20.2. The predicted molar refractivity (Wildman–Crippen MR) is 237 cm³/mol. The molecule has 0 fully saturated rings. The topological polar surface area (TPSA) is 12.9 Å². The molecule has 258 valence electrons. The van der Waals surface area contributed by atoms with Crippen molar-refractivity contribution in [2.45, 2.75) is 5.41 Å². The second kappa shape index (κ2) is 11.1. The van der Waals surface area contributed by atoms with Crippen molar-refractivity contribution in [1.29, 1.82) is 0 Å². The zero-order valence-electron chi connectivity index (χ0n) is 30.3. The third-order valence-electron chi connectivity index (χ3n) is 12.7. The number of hydrogen-bond acceptors (Lipinski definition) is 2. The summed E-state index contributed by atoms with van der Waals surface area (Å²) in [6, 6.07) is 69.9. The molecule has 0 atom stereocenters. The molecule has 0 aliphatic heterocycles. The van der Waals surface area contributed by atoms with Crippen molar-refractivity contribution in [3.05, 3.63) is 210 Å². The van der Waals surface area contributed by atoms with E-state index in [0.717, 1.165) is 22.5 Å². The molecule has 2 aliphatic carbocycles. The summed E-state index contributed by atoms with van der Waals surface area (Å²) < 4.78 is 2.64. The average molecular weight is 726 g/mol. The molecule has 1 spiro atoms. The monoisotopic (exact) mass is 725 g/mol. The largest absolute Gasteiger partial charge is 0.247 e. The van der Waals surface area contributed by atoms with Gasteiger partial charge in [0.15, 0.2) is 0 Å². The highest BCUT2D eigenvalue weighted by molar-refractivity contribution is 7.26. The van der Waals surface area contributed by atoms with Crippen LogP contribution in [0, 0.1) is 0 Å². The van der Waals surface area contributed by atoms with Crippen molar-refractivity contribution in [3.8, 4) is 44.8 Å². The number of thiophene rings is 1. The lowest BCUT2D eigenvalue weighted by Gasteiger charge is -2.30. The molecular formula is C54H31NS. The van der Waals surface area contributed by atoms with Crippen LogP contribution in [0.15, 0.2) is 188 Å². The summed E-state index contributed by atoms with van der Waals surface area (Å²) in [7, 11) is 0. The van der Waals surface area contributed by atoms with E-state index in [9.17, 15) is 0 Å². The Balaban J connectivity index is 1.12. The fourth-order valence-electron chi connectivity index (χ4n) is 10.4. The maximum Gasteiger partial charge on any atom is 0.0794 e. The molecule has 2 aliphatic rings. The zero-order valence-corrected chi connectivity index (χ0v) is 31.1. The number of hydrogen-bond donors (Lipinski definition) is 0. The van der Waals surface area contributed by atoms with Crippen LogP contribution in [0.3, 0.4) is 0 Å². The average Bonchev–Trinajstić information content (AvgIpc) is 3.90. The van der Waals surface area contributed by atoms with Gasteiger partial charge in [-0.15, -0.1) is 11.3 Å². The van der Waals surface area contributed by atoms with E-state index in [0.29, 0.717) is 0 Å². The van der Waals surface area contributed by atoms with Crippen molar-refractivity contribution >= 4 is 63.8 Å². The maximum atomic E-state index is 5.66. The summed E-state index contributed by atoms with van der Waals surface area (Å²) in [5.41, 5.74) is 14.6. The van der Waals surface area contributed by atoms with Crippen LogP contribution in [0.25, 0.3) is 97.3 Å². The summed E-state index contributed by atoms with van der Waals surface area (Å²) in [4.78, 5) is 5.66. The van der Waals surface area contributed by atoms with Gasteiger partial charge < -0.3 is 0 Å². The van der Waals surface area contributed by atoms with E-state index in [4.69, 9.17) is 4.98 Å². The minimum absolute atomic E-state index is 0.368. The lowest BCUT2D eigenvalue weighted by atomic mass is 9.70. The smallest absolute Gasteiger partial charge is 0.0794 e. The fraction of sp³-hybridized carbons (Fsp3) is 0.0185. The van der Waals surface area contributed by atoms with Gasteiger partial charge in [-0.25, -0.2) is 4.98 Å². The second-order valence-electron chi connectivity index (χ2n) is 15.3. The molecule has 9 aromatic carbocycles. The van der Waals surface area contributed by atoms with Gasteiger partial charge in [-0.2, -0.15) is 0 Å². The van der Waals surface area contributed by atoms with E-state index in [1.165, 1.54) is 97.0 Å². The Bertz CT molecular complexity index is 3440. The summed E-state index contributed by atoms with van der Waals surface area (Å²) in [5.74, 6) is 0. The molecule has 1 nitrogen and oxygen atoms in total. The minimum atomic E-state index is -0.368. The van der Waals surface area contributed by atoms with Crippen molar-refractivity contribution in [1.82, 2.24) is 4.98 Å². The molecule has 11 aromatic rings. The van der Waals surface area contributed by atoms with Gasteiger partial charge in [-0.05, 0) is 89.6 Å². The van der Waals surface area contributed by atoms with Crippen molar-refractivity contribution in [3.63, 3.8) is 0 Å². The van der Waals surface area contributed by atoms with Gasteiger partial charge in [-0.3, -0.25) is 0 Å². The minimum Gasteiger partial charge on any atom is -0.247 e. The Morgan fingerprint density at radius 3 is 1.70 bits per heavy atom. The van der Waals surface area contributed by atoms with Crippen LogP contribution in [0.5, 0.6) is 0 Å². The predicted octanol–water partition coefficient (Wildman–Crippen LogP) is 14.6. The van der Waals surface area contributed by atoms with Crippen LogP contribution in [0.4, 0.5) is 0 Å². The van der Waals surface area contributed by atoms with Crippen LogP contribution < -0.4 is 0 Å². The number of aromatic nitrogens is 1. The maximum absolute atomic E-state index is 5.66. The lowest BCUT2D eigenvalue weighted by molar-refractivity contribution is 0.794. The summed E-state index contributed by atoms with van der Waals surface area (Å²) in [5, 5.41) is 10.0. The van der Waals surface area contributed by atoms with Gasteiger partial charge in [0.2, 0.25) is 0 Å². The number of fused-ring (bicyclic) bond motifs is 18. The molecule has 0 unspecified atom stereocenters. The van der Waals surface area contributed by atoms with Gasteiger partial charge in [0.1, 0.15) is 0 Å². The van der Waals surface area contributed by atoms with Crippen molar-refractivity contribution in [2.75, 3.05) is 0 Å². The van der Waals surface area contributed by atoms with Gasteiger partial charge in [0.25, 0.3) is 0 Å². The molecule has 0 radical (unpaired) electrons. The van der Waals surface area contributed by atoms with E-state index in [1.807, 2.05) is 11.3 Å². The molecule has 13 rings (SSSR count). The van der Waals surface area contributed by atoms with Crippen molar-refractivity contribution < 1.29 is 0 Å². The fourth-order valence-corrected chi connectivity index (χ4v) is 11.6. The SMILES string of the molecule is c1ccc2c(c1)-c1ccccc1C21c2ccccc2-c2cc(-c3cc4c(ccc5sc6c7ccccc7ccc6c54)c(-c4cccc5ccccc45)n3)ccc21. The quantitative estimate of drug-likeness (QED) is 0.173. The van der Waals surface area contributed by atoms with E-state index in [-0.39, 0.29) is 5.41 Å². The summed E-state index contributed by atoms with van der Waals surface area (Å²) in [6.07, 6.45) is 0. The molecule has 2 heteroatoms. The molecule has 2 aromatic heterocycles. The van der Waals surface area contributed by atoms with Crippen molar-refractivity contribution in [2.24, 2.45) is 0 Å². The highest BCUT2D eigenvalue weighted by Crippen LogP contribution is 2.63. The third-order valence-corrected chi connectivity index (χ3v) is 13.9.